The smallest absolute Gasteiger partial charge is 0.330 e. The normalized spacial score (nSPS) is 17.6. The van der Waals surface area contributed by atoms with Crippen molar-refractivity contribution in [1.82, 2.24) is 24.6 Å². The highest BCUT2D eigenvalue weighted by molar-refractivity contribution is 5.77. The zero-order valence-corrected chi connectivity index (χ0v) is 15.1. The number of alkyl halides is 8. The van der Waals surface area contributed by atoms with E-state index in [9.17, 15) is 39.9 Å². The lowest BCUT2D eigenvalue weighted by Gasteiger charge is -2.39. The molecule has 0 bridgehead atoms. The van der Waals surface area contributed by atoms with Crippen molar-refractivity contribution in [1.29, 1.82) is 0 Å². The van der Waals surface area contributed by atoms with Crippen molar-refractivity contribution in [2.24, 2.45) is 0 Å². The maximum atomic E-state index is 12.9. The summed E-state index contributed by atoms with van der Waals surface area (Å²) in [6.07, 6.45) is -9.48. The molecule has 1 fully saturated rings. The first-order chi connectivity index (χ1) is 13.7. The lowest BCUT2D eigenvalue weighted by Crippen LogP contribution is -2.58. The van der Waals surface area contributed by atoms with E-state index in [1.165, 1.54) is 6.92 Å². The number of likely N-dealkylation sites (tertiary alicyclic amines) is 1. The van der Waals surface area contributed by atoms with Crippen LogP contribution in [-0.2, 0) is 17.1 Å². The predicted octanol–water partition coefficient (Wildman–Crippen LogP) is 3.81. The Hall–Kier alpha value is -2.80. The van der Waals surface area contributed by atoms with Gasteiger partial charge >= 0.3 is 12.4 Å². The van der Waals surface area contributed by atoms with Crippen molar-refractivity contribution < 1.29 is 39.9 Å². The largest absolute Gasteiger partial charge is 0.433 e. The van der Waals surface area contributed by atoms with Gasteiger partial charge in [0.1, 0.15) is 17.7 Å². The lowest BCUT2D eigenvalue weighted by atomic mass is 10.1. The number of hydrogen-bond donors (Lipinski definition) is 0. The fraction of sp³-hybridized carbons (Fsp3) is 0.500. The van der Waals surface area contributed by atoms with Gasteiger partial charge in [-0.05, 0) is 19.1 Å². The van der Waals surface area contributed by atoms with Crippen LogP contribution in [0.2, 0.25) is 0 Å². The summed E-state index contributed by atoms with van der Waals surface area (Å²) in [7, 11) is 0. The Morgan fingerprint density at radius 3 is 2.10 bits per heavy atom. The quantitative estimate of drug-likeness (QED) is 0.675. The molecule has 0 spiro atoms. The lowest BCUT2D eigenvalue weighted by molar-refractivity contribution is -0.166. The Balaban J connectivity index is 1.82. The van der Waals surface area contributed by atoms with Gasteiger partial charge < -0.3 is 4.90 Å². The van der Waals surface area contributed by atoms with E-state index in [0.717, 1.165) is 15.9 Å². The maximum absolute atomic E-state index is 12.9. The number of amides is 1. The van der Waals surface area contributed by atoms with Gasteiger partial charge in [0.15, 0.2) is 5.82 Å². The van der Waals surface area contributed by atoms with Crippen LogP contribution < -0.4 is 0 Å². The first kappa shape index (κ1) is 21.9. The van der Waals surface area contributed by atoms with Crippen molar-refractivity contribution >= 4 is 5.91 Å². The number of pyridine rings is 1. The first-order valence-electron chi connectivity index (χ1n) is 8.39. The number of carbonyl (C=O) groups excluding carboxylic acids is 1. The van der Waals surface area contributed by atoms with Gasteiger partial charge in [-0.2, -0.15) is 31.4 Å². The summed E-state index contributed by atoms with van der Waals surface area (Å²) in [5.41, 5.74) is -4.08. The van der Waals surface area contributed by atoms with E-state index in [0.29, 0.717) is 12.1 Å². The van der Waals surface area contributed by atoms with E-state index in [4.69, 9.17) is 0 Å². The van der Waals surface area contributed by atoms with Gasteiger partial charge in [-0.3, -0.25) is 4.79 Å². The van der Waals surface area contributed by atoms with Crippen molar-refractivity contribution in [3.05, 3.63) is 29.8 Å². The molecule has 0 radical (unpaired) electrons. The van der Waals surface area contributed by atoms with Gasteiger partial charge in [0, 0.05) is 12.0 Å². The Bertz CT molecular complexity index is 912. The Kier molecular flexibility index (Phi) is 5.23. The molecule has 1 unspecified atom stereocenters. The van der Waals surface area contributed by atoms with E-state index < -0.39 is 66.1 Å². The van der Waals surface area contributed by atoms with Crippen LogP contribution in [0.5, 0.6) is 0 Å². The molecular formula is C16H13F8N5O. The predicted molar refractivity (Wildman–Crippen MR) is 84.1 cm³/mol. The third kappa shape index (κ3) is 4.67. The molecular weight excluding hydrogens is 430 g/mol. The van der Waals surface area contributed by atoms with Crippen molar-refractivity contribution in [3.8, 4) is 11.4 Å². The van der Waals surface area contributed by atoms with Gasteiger partial charge in [-0.15, -0.1) is 0 Å². The Morgan fingerprint density at radius 2 is 1.63 bits per heavy atom. The number of nitrogens with zero attached hydrogens (tertiary/aromatic N) is 5. The fourth-order valence-electron chi connectivity index (χ4n) is 2.73. The summed E-state index contributed by atoms with van der Waals surface area (Å²) in [6, 6.07) is 0.0405. The van der Waals surface area contributed by atoms with E-state index >= 15 is 0 Å². The number of carbonyl (C=O) groups is 1. The monoisotopic (exact) mass is 443 g/mol. The summed E-state index contributed by atoms with van der Waals surface area (Å²) < 4.78 is 104. The molecule has 6 nitrogen and oxygen atoms in total. The second-order valence-corrected chi connectivity index (χ2v) is 6.83. The maximum Gasteiger partial charge on any atom is 0.433 e. The van der Waals surface area contributed by atoms with Gasteiger partial charge in [0.05, 0.1) is 19.1 Å². The summed E-state index contributed by atoms with van der Waals surface area (Å²) in [4.78, 5) is 19.2. The highest BCUT2D eigenvalue weighted by atomic mass is 19.4. The van der Waals surface area contributed by atoms with E-state index in [-0.39, 0.29) is 6.42 Å². The van der Waals surface area contributed by atoms with Crippen LogP contribution >= 0.6 is 0 Å². The van der Waals surface area contributed by atoms with Crippen LogP contribution in [-0.4, -0.2) is 49.6 Å². The summed E-state index contributed by atoms with van der Waals surface area (Å²) >= 11 is 0. The standard InChI is InChI=1S/C16H13F8N5O/c1-8(2-12(30)28-5-14(17,18)6-28)29-7-25-13(27-29)9-3-10(15(19,20)21)26-11(4-9)16(22,23)24/h3-4,7-8H,2,5-6H2,1H3. The zero-order chi connectivity index (χ0) is 22.5. The molecule has 30 heavy (non-hydrogen) atoms. The van der Waals surface area contributed by atoms with E-state index in [2.05, 4.69) is 15.1 Å². The highest BCUT2D eigenvalue weighted by Gasteiger charge is 2.46. The molecule has 3 rings (SSSR count). The van der Waals surface area contributed by atoms with E-state index in [1.54, 1.807) is 0 Å². The number of halogens is 8. The first-order valence-corrected chi connectivity index (χ1v) is 8.39. The van der Waals surface area contributed by atoms with Crippen LogP contribution in [0.3, 0.4) is 0 Å². The molecule has 0 aromatic carbocycles. The van der Waals surface area contributed by atoms with Crippen LogP contribution in [0.4, 0.5) is 35.1 Å². The van der Waals surface area contributed by atoms with Gasteiger partial charge in [-0.25, -0.2) is 23.4 Å². The summed E-state index contributed by atoms with van der Waals surface area (Å²) in [5.74, 6) is -3.97. The molecule has 1 amide bonds. The third-order valence-corrected chi connectivity index (χ3v) is 4.29. The SMILES string of the molecule is CC(CC(=O)N1CC(F)(F)C1)n1cnc(-c2cc(C(F)(F)F)nc(C(F)(F)F)c2)n1. The summed E-state index contributed by atoms with van der Waals surface area (Å²) in [5, 5.41) is 3.84. The molecule has 2 aromatic heterocycles. The van der Waals surface area contributed by atoms with Gasteiger partial charge in [-0.1, -0.05) is 0 Å². The molecule has 2 aromatic rings. The second-order valence-electron chi connectivity index (χ2n) is 6.83. The van der Waals surface area contributed by atoms with Crippen LogP contribution in [0.25, 0.3) is 11.4 Å². The zero-order valence-electron chi connectivity index (χ0n) is 15.1. The molecule has 0 aliphatic carbocycles. The van der Waals surface area contributed by atoms with Crippen molar-refractivity contribution in [3.63, 3.8) is 0 Å². The molecule has 3 heterocycles. The van der Waals surface area contributed by atoms with Crippen LogP contribution in [0.1, 0.15) is 30.8 Å². The minimum absolute atomic E-state index is 0.253. The Morgan fingerprint density at radius 1 is 1.10 bits per heavy atom. The van der Waals surface area contributed by atoms with Crippen molar-refractivity contribution in [2.75, 3.05) is 13.1 Å². The highest BCUT2D eigenvalue weighted by Crippen LogP contribution is 2.35. The third-order valence-electron chi connectivity index (χ3n) is 4.29. The van der Waals surface area contributed by atoms with Crippen LogP contribution in [0, 0.1) is 0 Å². The average Bonchev–Trinajstić information content (AvgIpc) is 3.08. The molecule has 1 aliphatic rings. The Labute approximate surface area is 163 Å². The number of aromatic nitrogens is 4. The molecule has 0 saturated carbocycles. The number of rotatable bonds is 4. The van der Waals surface area contributed by atoms with Gasteiger partial charge in [0.2, 0.25) is 5.91 Å². The molecule has 14 heteroatoms. The van der Waals surface area contributed by atoms with Crippen molar-refractivity contribution in [2.45, 2.75) is 37.7 Å². The molecule has 1 atom stereocenters. The molecule has 164 valence electrons. The minimum Gasteiger partial charge on any atom is -0.330 e. The van der Waals surface area contributed by atoms with E-state index in [1.807, 2.05) is 0 Å². The average molecular weight is 443 g/mol. The topological polar surface area (TPSA) is 63.9 Å². The number of hydrogen-bond acceptors (Lipinski definition) is 4. The van der Waals surface area contributed by atoms with Crippen LogP contribution in [0.15, 0.2) is 18.5 Å². The summed E-state index contributed by atoms with van der Waals surface area (Å²) in [6.45, 7) is 0.0559. The minimum atomic E-state index is -5.13. The van der Waals surface area contributed by atoms with Gasteiger partial charge in [0.25, 0.3) is 5.92 Å². The molecule has 0 N–H and O–H groups in total. The molecule has 1 aliphatic heterocycles. The second kappa shape index (κ2) is 7.16. The fourth-order valence-corrected chi connectivity index (χ4v) is 2.73. The molecule has 1 saturated heterocycles.